The third-order valence-electron chi connectivity index (χ3n) is 2.47. The third kappa shape index (κ3) is 8.56. The van der Waals surface area contributed by atoms with E-state index in [1.807, 2.05) is 13.0 Å². The molecule has 4 nitrogen and oxygen atoms in total. The van der Waals surface area contributed by atoms with Crippen molar-refractivity contribution in [3.63, 3.8) is 0 Å². The number of aliphatic imine (C=N–C) groups is 1. The van der Waals surface area contributed by atoms with Crippen LogP contribution in [-0.4, -0.2) is 38.9 Å². The third-order valence-corrected chi connectivity index (χ3v) is 3.47. The molecule has 0 saturated carbocycles. The average Bonchev–Trinajstić information content (AvgIpc) is 2.81. The molecule has 1 rings (SSSR count). The second-order valence-electron chi connectivity index (χ2n) is 4.39. The molecule has 1 aromatic heterocycles. The van der Waals surface area contributed by atoms with E-state index >= 15 is 0 Å². The molecule has 8 heteroatoms. The molecule has 2 N–H and O–H groups in total. The Labute approximate surface area is 126 Å². The van der Waals surface area contributed by atoms with Crippen LogP contribution in [0.3, 0.4) is 0 Å². The smallest absolute Gasteiger partial charge is 0.372 e. The van der Waals surface area contributed by atoms with E-state index in [4.69, 9.17) is 0 Å². The van der Waals surface area contributed by atoms with Crippen LogP contribution in [0, 0.1) is 6.92 Å². The Balaban J connectivity index is 2.12. The van der Waals surface area contributed by atoms with Crippen LogP contribution < -0.4 is 10.6 Å². The summed E-state index contributed by atoms with van der Waals surface area (Å²) in [6, 6.07) is 4.10. The second kappa shape index (κ2) is 8.89. The Morgan fingerprint density at radius 1 is 1.33 bits per heavy atom. The van der Waals surface area contributed by atoms with Crippen molar-refractivity contribution in [3.8, 4) is 0 Å². The molecule has 0 aliphatic heterocycles. The van der Waals surface area contributed by atoms with Gasteiger partial charge in [0.1, 0.15) is 6.61 Å². The van der Waals surface area contributed by atoms with Crippen LogP contribution in [0.5, 0.6) is 0 Å². The molecule has 0 unspecified atom stereocenters. The van der Waals surface area contributed by atoms with E-state index in [2.05, 4.69) is 26.4 Å². The summed E-state index contributed by atoms with van der Waals surface area (Å²) >= 11 is 1.71. The highest BCUT2D eigenvalue weighted by atomic mass is 32.1. The highest BCUT2D eigenvalue weighted by molar-refractivity contribution is 7.11. The number of guanidine groups is 1. The minimum absolute atomic E-state index is 0.0631. The number of rotatable bonds is 7. The monoisotopic (exact) mass is 323 g/mol. The van der Waals surface area contributed by atoms with E-state index in [0.717, 1.165) is 0 Å². The molecule has 0 aliphatic rings. The molecule has 0 bridgehead atoms. The molecule has 0 fully saturated rings. The summed E-state index contributed by atoms with van der Waals surface area (Å²) in [5.41, 5.74) is 0. The van der Waals surface area contributed by atoms with E-state index in [1.54, 1.807) is 18.4 Å². The van der Waals surface area contributed by atoms with Gasteiger partial charge in [-0.05, 0) is 25.5 Å². The number of hydrogen-bond donors (Lipinski definition) is 2. The van der Waals surface area contributed by atoms with Crippen molar-refractivity contribution in [2.24, 2.45) is 4.99 Å². The van der Waals surface area contributed by atoms with Crippen molar-refractivity contribution in [1.82, 2.24) is 10.6 Å². The van der Waals surface area contributed by atoms with Crippen LogP contribution in [0.4, 0.5) is 13.2 Å². The van der Waals surface area contributed by atoms with Gasteiger partial charge in [-0.3, -0.25) is 4.99 Å². The Kier molecular flexibility index (Phi) is 7.52. The zero-order valence-corrected chi connectivity index (χ0v) is 12.9. The number of ether oxygens (including phenoxy) is 1. The predicted octanol–water partition coefficient (Wildman–Crippen LogP) is 2.69. The molecule has 21 heavy (non-hydrogen) atoms. The largest absolute Gasteiger partial charge is 0.411 e. The molecule has 0 aliphatic carbocycles. The predicted molar refractivity (Wildman–Crippen MR) is 78.7 cm³/mol. The molecule has 0 spiro atoms. The minimum atomic E-state index is -4.26. The number of alkyl halides is 3. The first-order chi connectivity index (χ1) is 9.90. The van der Waals surface area contributed by atoms with Crippen molar-refractivity contribution in [2.75, 3.05) is 26.8 Å². The maximum atomic E-state index is 11.8. The second-order valence-corrected chi connectivity index (χ2v) is 5.76. The normalized spacial score (nSPS) is 12.5. The van der Waals surface area contributed by atoms with E-state index in [0.29, 0.717) is 25.5 Å². The van der Waals surface area contributed by atoms with E-state index < -0.39 is 12.8 Å². The standard InChI is InChI=1S/C13H20F3N3OS/c1-10-4-5-11(21-10)8-19-12(17-2)18-6-3-7-20-9-13(14,15)16/h4-5H,3,6-9H2,1-2H3,(H2,17,18,19). The minimum Gasteiger partial charge on any atom is -0.372 e. The number of thiophene rings is 1. The highest BCUT2D eigenvalue weighted by Crippen LogP contribution is 2.14. The van der Waals surface area contributed by atoms with Crippen molar-refractivity contribution >= 4 is 17.3 Å². The van der Waals surface area contributed by atoms with Gasteiger partial charge in [-0.25, -0.2) is 0 Å². The molecule has 0 amide bonds. The van der Waals surface area contributed by atoms with Crippen molar-refractivity contribution < 1.29 is 17.9 Å². The maximum Gasteiger partial charge on any atom is 0.411 e. The summed E-state index contributed by atoms with van der Waals surface area (Å²) in [4.78, 5) is 6.49. The van der Waals surface area contributed by atoms with E-state index in [-0.39, 0.29) is 6.61 Å². The van der Waals surface area contributed by atoms with Gasteiger partial charge in [0, 0.05) is 30.0 Å². The van der Waals surface area contributed by atoms with Crippen LogP contribution in [-0.2, 0) is 11.3 Å². The lowest BCUT2D eigenvalue weighted by Gasteiger charge is -2.11. The van der Waals surface area contributed by atoms with Gasteiger partial charge in [-0.1, -0.05) is 0 Å². The van der Waals surface area contributed by atoms with Crippen molar-refractivity contribution in [1.29, 1.82) is 0 Å². The number of aryl methyl sites for hydroxylation is 1. The molecule has 0 aromatic carbocycles. The van der Waals surface area contributed by atoms with Crippen LogP contribution in [0.15, 0.2) is 17.1 Å². The molecule has 1 aromatic rings. The first kappa shape index (κ1) is 17.8. The summed E-state index contributed by atoms with van der Waals surface area (Å²) in [5, 5.41) is 6.17. The number of hydrogen-bond acceptors (Lipinski definition) is 3. The van der Waals surface area contributed by atoms with Gasteiger partial charge in [-0.2, -0.15) is 13.2 Å². The Bertz CT molecular complexity index is 446. The van der Waals surface area contributed by atoms with Gasteiger partial charge in [0.25, 0.3) is 0 Å². The Morgan fingerprint density at radius 2 is 2.10 bits per heavy atom. The molecule has 0 radical (unpaired) electrons. The van der Waals surface area contributed by atoms with Crippen LogP contribution in [0.1, 0.15) is 16.2 Å². The summed E-state index contributed by atoms with van der Waals surface area (Å²) in [7, 11) is 1.65. The summed E-state index contributed by atoms with van der Waals surface area (Å²) in [6.45, 7) is 2.08. The highest BCUT2D eigenvalue weighted by Gasteiger charge is 2.27. The molecule has 120 valence electrons. The van der Waals surface area contributed by atoms with Gasteiger partial charge in [-0.15, -0.1) is 11.3 Å². The Hall–Kier alpha value is -1.28. The topological polar surface area (TPSA) is 45.7 Å². The van der Waals surface area contributed by atoms with Gasteiger partial charge in [0.15, 0.2) is 5.96 Å². The molecular weight excluding hydrogens is 303 g/mol. The zero-order valence-electron chi connectivity index (χ0n) is 12.1. The van der Waals surface area contributed by atoms with Gasteiger partial charge < -0.3 is 15.4 Å². The number of halogens is 3. The van der Waals surface area contributed by atoms with Crippen LogP contribution in [0.2, 0.25) is 0 Å². The zero-order chi connectivity index (χ0) is 15.7. The Morgan fingerprint density at radius 3 is 2.67 bits per heavy atom. The number of nitrogens with one attached hydrogen (secondary N) is 2. The maximum absolute atomic E-state index is 11.8. The lowest BCUT2D eigenvalue weighted by atomic mass is 10.4. The van der Waals surface area contributed by atoms with Crippen LogP contribution >= 0.6 is 11.3 Å². The lowest BCUT2D eigenvalue weighted by molar-refractivity contribution is -0.173. The van der Waals surface area contributed by atoms with Gasteiger partial charge in [0.2, 0.25) is 0 Å². The summed E-state index contributed by atoms with van der Waals surface area (Å²) in [5.74, 6) is 0.622. The summed E-state index contributed by atoms with van der Waals surface area (Å²) < 4.78 is 40.0. The molecule has 1 heterocycles. The fraction of sp³-hybridized carbons (Fsp3) is 0.615. The van der Waals surface area contributed by atoms with Crippen LogP contribution in [0.25, 0.3) is 0 Å². The fourth-order valence-corrected chi connectivity index (χ4v) is 2.37. The SMILES string of the molecule is CN=C(NCCCOCC(F)(F)F)NCc1ccc(C)s1. The first-order valence-electron chi connectivity index (χ1n) is 6.55. The van der Waals surface area contributed by atoms with E-state index in [1.165, 1.54) is 9.75 Å². The average molecular weight is 323 g/mol. The van der Waals surface area contributed by atoms with Crippen molar-refractivity contribution in [3.05, 3.63) is 21.9 Å². The molecule has 0 saturated heterocycles. The van der Waals surface area contributed by atoms with Gasteiger partial charge in [0.05, 0.1) is 6.54 Å². The molecule has 0 atom stereocenters. The van der Waals surface area contributed by atoms with Gasteiger partial charge >= 0.3 is 6.18 Å². The van der Waals surface area contributed by atoms with Crippen molar-refractivity contribution in [2.45, 2.75) is 26.1 Å². The van der Waals surface area contributed by atoms with E-state index in [9.17, 15) is 13.2 Å². The number of nitrogens with zero attached hydrogens (tertiary/aromatic N) is 1. The summed E-state index contributed by atoms with van der Waals surface area (Å²) in [6.07, 6.45) is -3.78. The lowest BCUT2D eigenvalue weighted by Crippen LogP contribution is -2.37. The quantitative estimate of drug-likeness (QED) is 0.461. The first-order valence-corrected chi connectivity index (χ1v) is 7.36. The molecular formula is C13H20F3N3OS. The fourth-order valence-electron chi connectivity index (χ4n) is 1.54.